The van der Waals surface area contributed by atoms with Gasteiger partial charge in [-0.05, 0) is 93.2 Å². The topological polar surface area (TPSA) is 51.5 Å². The quantitative estimate of drug-likeness (QED) is 0.276. The fraction of sp³-hybridized carbons (Fsp3) is 0.310. The molecule has 5 nitrogen and oxygen atoms in total. The lowest BCUT2D eigenvalue weighted by atomic mass is 9.89. The van der Waals surface area contributed by atoms with E-state index >= 15 is 0 Å². The van der Waals surface area contributed by atoms with Crippen molar-refractivity contribution in [1.82, 2.24) is 9.47 Å². The lowest BCUT2D eigenvalue weighted by Crippen LogP contribution is -2.29. The molecule has 4 aromatic rings. The number of fused-ring (bicyclic) bond motifs is 1. The van der Waals surface area contributed by atoms with Crippen LogP contribution in [0.25, 0.3) is 10.9 Å². The van der Waals surface area contributed by atoms with E-state index in [4.69, 9.17) is 4.18 Å². The Morgan fingerprint density at radius 2 is 1.65 bits per heavy atom. The number of benzene rings is 3. The molecule has 0 N–H and O–H groups in total. The highest BCUT2D eigenvalue weighted by Crippen LogP contribution is 2.38. The Morgan fingerprint density at radius 3 is 2.32 bits per heavy atom. The summed E-state index contributed by atoms with van der Waals surface area (Å²) in [4.78, 5) is 1.23. The van der Waals surface area contributed by atoms with Gasteiger partial charge in [-0.1, -0.05) is 36.4 Å². The second-order valence-electron chi connectivity index (χ2n) is 9.82. The Morgan fingerprint density at radius 1 is 0.973 bits per heavy atom. The standard InChI is InChI=1S/C29H30F2N2O3S/c1-20-17-23(36-37(34,35)29-26(30)9-6-10-27(29)31)18-24-25(22-12-14-32(2)15-13-22)19-33(28(20)24)16-11-21-7-4-3-5-8-21/h3-10,17-19,22H,11-16H2,1-2H3. The first-order chi connectivity index (χ1) is 17.7. The first-order valence-corrected chi connectivity index (χ1v) is 13.9. The minimum atomic E-state index is -4.71. The Bertz CT molecular complexity index is 1510. The second-order valence-corrected chi connectivity index (χ2v) is 11.3. The molecule has 194 valence electrons. The highest BCUT2D eigenvalue weighted by molar-refractivity contribution is 7.87. The van der Waals surface area contributed by atoms with Gasteiger partial charge in [0.1, 0.15) is 17.4 Å². The van der Waals surface area contributed by atoms with E-state index in [0.29, 0.717) is 5.92 Å². The van der Waals surface area contributed by atoms with Crippen LogP contribution in [0, 0.1) is 18.6 Å². The number of hydrogen-bond acceptors (Lipinski definition) is 4. The van der Waals surface area contributed by atoms with Crippen molar-refractivity contribution in [2.75, 3.05) is 20.1 Å². The molecule has 3 aromatic carbocycles. The van der Waals surface area contributed by atoms with E-state index in [9.17, 15) is 17.2 Å². The molecule has 0 radical (unpaired) electrons. The van der Waals surface area contributed by atoms with Gasteiger partial charge in [0.25, 0.3) is 0 Å². The lowest BCUT2D eigenvalue weighted by Gasteiger charge is -2.28. The number of likely N-dealkylation sites (tertiary alicyclic amines) is 1. The average molecular weight is 525 g/mol. The summed E-state index contributed by atoms with van der Waals surface area (Å²) in [5, 5.41) is 0.918. The van der Waals surface area contributed by atoms with E-state index in [1.165, 1.54) is 5.56 Å². The highest BCUT2D eigenvalue weighted by Gasteiger charge is 2.28. The average Bonchev–Trinajstić information content (AvgIpc) is 3.22. The van der Waals surface area contributed by atoms with Gasteiger partial charge in [0.15, 0.2) is 4.90 Å². The molecule has 0 aliphatic carbocycles. The first kappa shape index (κ1) is 25.4. The van der Waals surface area contributed by atoms with E-state index in [0.717, 1.165) is 79.1 Å². The molecule has 1 aliphatic heterocycles. The highest BCUT2D eigenvalue weighted by atomic mass is 32.2. The van der Waals surface area contributed by atoms with Gasteiger partial charge in [-0.3, -0.25) is 0 Å². The molecule has 37 heavy (non-hydrogen) atoms. The van der Waals surface area contributed by atoms with Crippen molar-refractivity contribution >= 4 is 21.0 Å². The number of aryl methyl sites for hydroxylation is 3. The zero-order valence-corrected chi connectivity index (χ0v) is 21.8. The van der Waals surface area contributed by atoms with Crippen molar-refractivity contribution in [3.63, 3.8) is 0 Å². The zero-order valence-electron chi connectivity index (χ0n) is 21.0. The molecule has 0 saturated carbocycles. The lowest BCUT2D eigenvalue weighted by molar-refractivity contribution is 0.256. The molecule has 1 aliphatic rings. The molecular formula is C29H30F2N2O3S. The minimum Gasteiger partial charge on any atom is -0.379 e. The predicted molar refractivity (Wildman–Crippen MR) is 140 cm³/mol. The van der Waals surface area contributed by atoms with Crippen molar-refractivity contribution in [2.45, 2.75) is 43.5 Å². The fourth-order valence-corrected chi connectivity index (χ4v) is 6.35. The Hall–Kier alpha value is -3.23. The van der Waals surface area contributed by atoms with Crippen LogP contribution in [0.1, 0.15) is 35.4 Å². The van der Waals surface area contributed by atoms with Crippen molar-refractivity contribution < 1.29 is 21.4 Å². The molecule has 8 heteroatoms. The maximum Gasteiger partial charge on any atom is 0.345 e. The fourth-order valence-electron chi connectivity index (χ4n) is 5.30. The van der Waals surface area contributed by atoms with Crippen molar-refractivity contribution in [3.8, 4) is 5.75 Å². The number of aromatic nitrogens is 1. The normalized spacial score (nSPS) is 15.4. The van der Waals surface area contributed by atoms with Gasteiger partial charge in [-0.2, -0.15) is 8.42 Å². The third kappa shape index (κ3) is 5.26. The molecule has 5 rings (SSSR count). The molecule has 0 atom stereocenters. The molecule has 1 aromatic heterocycles. The van der Waals surface area contributed by atoms with Crippen LogP contribution in [0.15, 0.2) is 71.8 Å². The van der Waals surface area contributed by atoms with Crippen LogP contribution < -0.4 is 4.18 Å². The number of nitrogens with zero attached hydrogens (tertiary/aromatic N) is 2. The van der Waals surface area contributed by atoms with Crippen LogP contribution in [-0.4, -0.2) is 38.0 Å². The molecule has 0 bridgehead atoms. The van der Waals surface area contributed by atoms with Gasteiger partial charge in [0, 0.05) is 18.1 Å². The molecular weight excluding hydrogens is 494 g/mol. The summed E-state index contributed by atoms with van der Waals surface area (Å²) in [6.45, 7) is 4.64. The van der Waals surface area contributed by atoms with Gasteiger partial charge in [0.05, 0.1) is 5.52 Å². The van der Waals surface area contributed by atoms with Crippen molar-refractivity contribution in [3.05, 3.63) is 95.2 Å². The van der Waals surface area contributed by atoms with Gasteiger partial charge in [-0.15, -0.1) is 0 Å². The predicted octanol–water partition coefficient (Wildman–Crippen LogP) is 6.05. The maximum atomic E-state index is 14.2. The zero-order chi connectivity index (χ0) is 26.2. The SMILES string of the molecule is Cc1cc(OS(=O)(=O)c2c(F)cccc2F)cc2c(C3CCN(C)CC3)cn(CCc3ccccc3)c12. The van der Waals surface area contributed by atoms with E-state index in [-0.39, 0.29) is 5.75 Å². The van der Waals surface area contributed by atoms with E-state index < -0.39 is 26.6 Å². The van der Waals surface area contributed by atoms with Crippen LogP contribution in [0.2, 0.25) is 0 Å². The van der Waals surface area contributed by atoms with Gasteiger partial charge in [0.2, 0.25) is 0 Å². The van der Waals surface area contributed by atoms with Crippen LogP contribution in [-0.2, 0) is 23.1 Å². The van der Waals surface area contributed by atoms with E-state index in [1.54, 1.807) is 12.1 Å². The Labute approximate surface area is 216 Å². The summed E-state index contributed by atoms with van der Waals surface area (Å²) < 4.78 is 61.8. The molecule has 2 heterocycles. The third-order valence-electron chi connectivity index (χ3n) is 7.18. The maximum absolute atomic E-state index is 14.2. The van der Waals surface area contributed by atoms with Gasteiger partial charge >= 0.3 is 10.1 Å². The van der Waals surface area contributed by atoms with Crippen LogP contribution >= 0.6 is 0 Å². The van der Waals surface area contributed by atoms with E-state index in [1.807, 2.05) is 25.1 Å². The smallest absolute Gasteiger partial charge is 0.345 e. The summed E-state index contributed by atoms with van der Waals surface area (Å²) >= 11 is 0. The Balaban J connectivity index is 1.55. The summed E-state index contributed by atoms with van der Waals surface area (Å²) in [6, 6.07) is 16.5. The second kappa shape index (κ2) is 10.3. The number of piperidine rings is 1. The summed E-state index contributed by atoms with van der Waals surface area (Å²) in [5.41, 5.74) is 4.25. The van der Waals surface area contributed by atoms with Crippen LogP contribution in [0.3, 0.4) is 0 Å². The molecule has 1 fully saturated rings. The summed E-state index contributed by atoms with van der Waals surface area (Å²) in [7, 11) is -2.59. The van der Waals surface area contributed by atoms with Crippen molar-refractivity contribution in [2.24, 2.45) is 0 Å². The number of halogens is 2. The summed E-state index contributed by atoms with van der Waals surface area (Å²) in [5.74, 6) is -2.00. The van der Waals surface area contributed by atoms with E-state index in [2.05, 4.69) is 34.8 Å². The molecule has 1 saturated heterocycles. The number of rotatable bonds is 7. The monoisotopic (exact) mass is 524 g/mol. The molecule has 0 amide bonds. The molecule has 0 unspecified atom stereocenters. The van der Waals surface area contributed by atoms with Gasteiger partial charge < -0.3 is 13.7 Å². The summed E-state index contributed by atoms with van der Waals surface area (Å²) in [6.07, 6.45) is 5.04. The first-order valence-electron chi connectivity index (χ1n) is 12.5. The minimum absolute atomic E-state index is 0.0441. The third-order valence-corrected chi connectivity index (χ3v) is 8.49. The van der Waals surface area contributed by atoms with Crippen LogP contribution in [0.5, 0.6) is 5.75 Å². The molecule has 0 spiro atoms. The number of hydrogen-bond donors (Lipinski definition) is 0. The van der Waals surface area contributed by atoms with Crippen molar-refractivity contribution in [1.29, 1.82) is 0 Å². The van der Waals surface area contributed by atoms with Crippen LogP contribution in [0.4, 0.5) is 8.78 Å². The largest absolute Gasteiger partial charge is 0.379 e. The Kier molecular flexibility index (Phi) is 7.05. The van der Waals surface area contributed by atoms with Gasteiger partial charge in [-0.25, -0.2) is 8.78 Å².